The maximum absolute atomic E-state index is 10.9. The topological polar surface area (TPSA) is 115 Å². The highest BCUT2D eigenvalue weighted by molar-refractivity contribution is 7.20. The lowest BCUT2D eigenvalue weighted by Gasteiger charge is -1.98. The monoisotopic (exact) mass is 276 g/mol. The second kappa shape index (κ2) is 4.02. The minimum Gasteiger partial charge on any atom is -0.477 e. The fourth-order valence-electron chi connectivity index (χ4n) is 1.64. The van der Waals surface area contributed by atoms with Crippen molar-refractivity contribution in [2.24, 2.45) is 0 Å². The zero-order valence-corrected chi connectivity index (χ0v) is 10.6. The van der Waals surface area contributed by atoms with Gasteiger partial charge in [-0.1, -0.05) is 5.16 Å². The van der Waals surface area contributed by atoms with Gasteiger partial charge in [0.1, 0.15) is 21.3 Å². The second-order valence-electron chi connectivity index (χ2n) is 3.89. The van der Waals surface area contributed by atoms with Gasteiger partial charge >= 0.3 is 5.97 Å². The Hall–Kier alpha value is -2.48. The summed E-state index contributed by atoms with van der Waals surface area (Å²) in [5.41, 5.74) is 6.29. The van der Waals surface area contributed by atoms with E-state index in [2.05, 4.69) is 15.1 Å². The number of fused-ring (bicyclic) bond motifs is 1. The molecule has 0 saturated carbocycles. The van der Waals surface area contributed by atoms with Crippen molar-refractivity contribution in [3.8, 4) is 11.5 Å². The highest BCUT2D eigenvalue weighted by Gasteiger charge is 2.15. The van der Waals surface area contributed by atoms with E-state index in [0.29, 0.717) is 27.5 Å². The van der Waals surface area contributed by atoms with E-state index in [0.717, 1.165) is 11.3 Å². The fourth-order valence-corrected chi connectivity index (χ4v) is 2.51. The molecule has 8 heteroatoms. The molecule has 3 aromatic rings. The summed E-state index contributed by atoms with van der Waals surface area (Å²) in [6.07, 6.45) is 0. The number of thiophene rings is 1. The van der Waals surface area contributed by atoms with Crippen LogP contribution in [-0.4, -0.2) is 26.2 Å². The third kappa shape index (κ3) is 1.91. The third-order valence-corrected chi connectivity index (χ3v) is 3.51. The number of nitrogen functional groups attached to an aromatic ring is 1. The number of nitrogens with two attached hydrogens (primary N) is 1. The Morgan fingerprint density at radius 3 is 2.84 bits per heavy atom. The smallest absolute Gasteiger partial charge is 0.345 e. The molecule has 0 aromatic carbocycles. The van der Waals surface area contributed by atoms with E-state index in [1.54, 1.807) is 13.0 Å². The number of carbonyl (C=O) groups is 1. The Morgan fingerprint density at radius 2 is 2.21 bits per heavy atom. The lowest BCUT2D eigenvalue weighted by molar-refractivity contribution is 0.0702. The van der Waals surface area contributed by atoms with Gasteiger partial charge in [0.25, 0.3) is 0 Å². The van der Waals surface area contributed by atoms with Crippen LogP contribution in [0.5, 0.6) is 0 Å². The number of aromatic nitrogens is 3. The maximum atomic E-state index is 10.9. The number of nitrogens with zero attached hydrogens (tertiary/aromatic N) is 3. The number of carboxylic acid groups (broad SMARTS) is 1. The molecule has 0 radical (unpaired) electrons. The van der Waals surface area contributed by atoms with Gasteiger partial charge in [-0.15, -0.1) is 11.3 Å². The molecule has 0 aliphatic carbocycles. The minimum absolute atomic E-state index is 0.171. The molecule has 0 aliphatic rings. The Bertz CT molecular complexity index is 792. The first-order chi connectivity index (χ1) is 9.04. The van der Waals surface area contributed by atoms with Gasteiger partial charge in [-0.05, 0) is 13.0 Å². The van der Waals surface area contributed by atoms with Crippen LogP contribution in [0.1, 0.15) is 15.4 Å². The molecule has 0 aliphatic heterocycles. The molecule has 0 atom stereocenters. The van der Waals surface area contributed by atoms with Crippen molar-refractivity contribution in [3.05, 3.63) is 22.8 Å². The fraction of sp³-hybridized carbons (Fsp3) is 0.0909. The van der Waals surface area contributed by atoms with E-state index in [1.165, 1.54) is 6.07 Å². The van der Waals surface area contributed by atoms with Crippen molar-refractivity contribution in [3.63, 3.8) is 0 Å². The molecule has 19 heavy (non-hydrogen) atoms. The van der Waals surface area contributed by atoms with Crippen LogP contribution in [0.25, 0.3) is 21.7 Å². The van der Waals surface area contributed by atoms with Gasteiger partial charge in [0, 0.05) is 6.07 Å². The summed E-state index contributed by atoms with van der Waals surface area (Å²) in [6, 6.07) is 3.15. The summed E-state index contributed by atoms with van der Waals surface area (Å²) in [7, 11) is 0. The van der Waals surface area contributed by atoms with Gasteiger partial charge < -0.3 is 15.4 Å². The van der Waals surface area contributed by atoms with Crippen molar-refractivity contribution < 1.29 is 14.4 Å². The average molecular weight is 276 g/mol. The van der Waals surface area contributed by atoms with Gasteiger partial charge in [-0.25, -0.2) is 14.8 Å². The maximum Gasteiger partial charge on any atom is 0.345 e. The van der Waals surface area contributed by atoms with Crippen molar-refractivity contribution in [2.45, 2.75) is 6.92 Å². The van der Waals surface area contributed by atoms with Gasteiger partial charge in [-0.3, -0.25) is 0 Å². The normalized spacial score (nSPS) is 11.0. The first-order valence-electron chi connectivity index (χ1n) is 5.28. The molecule has 0 unspecified atom stereocenters. The lowest BCUT2D eigenvalue weighted by Crippen LogP contribution is -1.96. The molecular formula is C11H8N4O3S. The van der Waals surface area contributed by atoms with Crippen LogP contribution in [0.3, 0.4) is 0 Å². The average Bonchev–Trinajstić information content (AvgIpc) is 2.95. The number of rotatable bonds is 2. The van der Waals surface area contributed by atoms with Gasteiger partial charge in [0.05, 0.1) is 5.39 Å². The van der Waals surface area contributed by atoms with E-state index in [-0.39, 0.29) is 10.7 Å². The summed E-state index contributed by atoms with van der Waals surface area (Å²) in [5.74, 6) is 0.168. The molecule has 0 amide bonds. The summed E-state index contributed by atoms with van der Waals surface area (Å²) >= 11 is 1.05. The molecule has 96 valence electrons. The number of aromatic carboxylic acids is 1. The molecule has 3 aromatic heterocycles. The molecular weight excluding hydrogens is 268 g/mol. The molecule has 0 saturated heterocycles. The molecule has 0 bridgehead atoms. The van der Waals surface area contributed by atoms with E-state index in [9.17, 15) is 4.79 Å². The Balaban J connectivity index is 2.21. The van der Waals surface area contributed by atoms with Crippen molar-refractivity contribution in [1.82, 2.24) is 15.1 Å². The number of hydrogen-bond donors (Lipinski definition) is 2. The number of hydrogen-bond acceptors (Lipinski definition) is 7. The van der Waals surface area contributed by atoms with E-state index < -0.39 is 5.97 Å². The van der Waals surface area contributed by atoms with E-state index in [4.69, 9.17) is 15.4 Å². The van der Waals surface area contributed by atoms with Crippen LogP contribution in [0, 0.1) is 6.92 Å². The first-order valence-corrected chi connectivity index (χ1v) is 6.10. The summed E-state index contributed by atoms with van der Waals surface area (Å²) in [5, 5.41) is 13.3. The Kier molecular flexibility index (Phi) is 2.46. The quantitative estimate of drug-likeness (QED) is 0.734. The number of carboxylic acids is 1. The van der Waals surface area contributed by atoms with Crippen molar-refractivity contribution >= 4 is 33.3 Å². The summed E-state index contributed by atoms with van der Waals surface area (Å²) in [6.45, 7) is 1.76. The van der Waals surface area contributed by atoms with Crippen LogP contribution in [0.2, 0.25) is 0 Å². The van der Waals surface area contributed by atoms with Crippen LogP contribution in [0.15, 0.2) is 16.7 Å². The largest absolute Gasteiger partial charge is 0.477 e. The lowest BCUT2D eigenvalue weighted by atomic mass is 10.3. The Morgan fingerprint density at radius 1 is 1.42 bits per heavy atom. The summed E-state index contributed by atoms with van der Waals surface area (Å²) < 4.78 is 4.95. The van der Waals surface area contributed by atoms with Crippen molar-refractivity contribution in [2.75, 3.05) is 5.73 Å². The highest BCUT2D eigenvalue weighted by atomic mass is 32.1. The SMILES string of the molecule is Cc1cc(-c2nc(N)c3cc(C(=O)O)sc3n2)no1. The molecule has 3 rings (SSSR count). The van der Waals surface area contributed by atoms with E-state index >= 15 is 0 Å². The summed E-state index contributed by atoms with van der Waals surface area (Å²) in [4.78, 5) is 20.0. The Labute approximate surface area is 110 Å². The zero-order chi connectivity index (χ0) is 13.6. The molecule has 0 fully saturated rings. The number of aryl methyl sites for hydroxylation is 1. The van der Waals surface area contributed by atoms with Crippen LogP contribution < -0.4 is 5.73 Å². The van der Waals surface area contributed by atoms with Crippen molar-refractivity contribution in [1.29, 1.82) is 0 Å². The predicted octanol–water partition coefficient (Wildman–Crippen LogP) is 1.94. The predicted molar refractivity (Wildman–Crippen MR) is 69.0 cm³/mol. The minimum atomic E-state index is -1.01. The van der Waals surface area contributed by atoms with E-state index in [1.807, 2.05) is 0 Å². The third-order valence-electron chi connectivity index (χ3n) is 2.49. The zero-order valence-electron chi connectivity index (χ0n) is 9.75. The molecule has 3 N–H and O–H groups in total. The van der Waals surface area contributed by atoms with Gasteiger partial charge in [0.15, 0.2) is 11.5 Å². The first kappa shape index (κ1) is 11.6. The number of anilines is 1. The molecule has 7 nitrogen and oxygen atoms in total. The van der Waals surface area contributed by atoms with Crippen LogP contribution >= 0.6 is 11.3 Å². The van der Waals surface area contributed by atoms with Gasteiger partial charge in [-0.2, -0.15) is 0 Å². The molecule has 0 spiro atoms. The molecule has 3 heterocycles. The highest BCUT2D eigenvalue weighted by Crippen LogP contribution is 2.29. The van der Waals surface area contributed by atoms with Gasteiger partial charge in [0.2, 0.25) is 0 Å². The van der Waals surface area contributed by atoms with Crippen LogP contribution in [0.4, 0.5) is 5.82 Å². The van der Waals surface area contributed by atoms with Crippen LogP contribution in [-0.2, 0) is 0 Å². The standard InChI is InChI=1S/C11H8N4O3S/c1-4-2-6(15-18-4)9-13-8(12)5-3-7(11(16)17)19-10(5)14-9/h2-3H,1H3,(H,16,17)(H2,12,13,14). The second-order valence-corrected chi connectivity index (χ2v) is 4.92.